The first-order valence-electron chi connectivity index (χ1n) is 9.66. The van der Waals surface area contributed by atoms with Crippen molar-refractivity contribution in [2.24, 2.45) is 0 Å². The van der Waals surface area contributed by atoms with Crippen LogP contribution in [-0.2, 0) is 26.2 Å². The first-order chi connectivity index (χ1) is 15.0. The first kappa shape index (κ1) is 26.3. The number of hydrogen-bond acceptors (Lipinski definition) is 4. The lowest BCUT2D eigenvalue weighted by atomic mass is 10.1. The number of anilines is 1. The van der Waals surface area contributed by atoms with Crippen molar-refractivity contribution >= 4 is 62.3 Å². The van der Waals surface area contributed by atoms with Crippen molar-refractivity contribution in [3.63, 3.8) is 0 Å². The number of nitrogens with zero attached hydrogens (tertiary/aromatic N) is 2. The molecule has 0 radical (unpaired) electrons. The van der Waals surface area contributed by atoms with Crippen LogP contribution in [0.25, 0.3) is 0 Å². The standard InChI is InChI=1S/C21H24Cl3N3O4S/c1-4-18(21(29)25-2)26(12-14-5-7-15(22)8-6-14)20(28)13-27(32(3,30)31)19-10-9-16(23)11-17(19)24/h5-11,18H,4,12-13H2,1-3H3,(H,25,29)/t18-/m0/s1. The Bertz CT molecular complexity index is 1080. The molecule has 2 amide bonds. The van der Waals surface area contributed by atoms with Gasteiger partial charge in [0, 0.05) is 23.6 Å². The van der Waals surface area contributed by atoms with Gasteiger partial charge in [0.2, 0.25) is 21.8 Å². The summed E-state index contributed by atoms with van der Waals surface area (Å²) in [4.78, 5) is 27.2. The molecule has 0 saturated heterocycles. The summed E-state index contributed by atoms with van der Waals surface area (Å²) in [5.74, 6) is -0.919. The van der Waals surface area contributed by atoms with E-state index >= 15 is 0 Å². The lowest BCUT2D eigenvalue weighted by molar-refractivity contribution is -0.140. The van der Waals surface area contributed by atoms with Gasteiger partial charge < -0.3 is 10.2 Å². The Morgan fingerprint density at radius 2 is 1.62 bits per heavy atom. The van der Waals surface area contributed by atoms with Gasteiger partial charge in [-0.1, -0.05) is 53.9 Å². The van der Waals surface area contributed by atoms with E-state index in [4.69, 9.17) is 34.8 Å². The minimum Gasteiger partial charge on any atom is -0.357 e. The lowest BCUT2D eigenvalue weighted by Crippen LogP contribution is -2.51. The summed E-state index contributed by atoms with van der Waals surface area (Å²) in [5.41, 5.74) is 0.854. The number of benzene rings is 2. The van der Waals surface area contributed by atoms with Crippen LogP contribution >= 0.6 is 34.8 Å². The van der Waals surface area contributed by atoms with Gasteiger partial charge in [0.15, 0.2) is 0 Å². The highest BCUT2D eigenvalue weighted by molar-refractivity contribution is 7.92. The number of likely N-dealkylation sites (N-methyl/N-ethyl adjacent to an activating group) is 1. The number of halogens is 3. The van der Waals surface area contributed by atoms with E-state index in [-0.39, 0.29) is 23.2 Å². The molecule has 0 spiro atoms. The fourth-order valence-electron chi connectivity index (χ4n) is 3.15. The number of rotatable bonds is 9. The predicted molar refractivity (Wildman–Crippen MR) is 129 cm³/mol. The molecule has 7 nitrogen and oxygen atoms in total. The van der Waals surface area contributed by atoms with Crippen LogP contribution in [0.15, 0.2) is 42.5 Å². The Hall–Kier alpha value is -2.00. The monoisotopic (exact) mass is 519 g/mol. The van der Waals surface area contributed by atoms with E-state index in [0.717, 1.165) is 16.1 Å². The van der Waals surface area contributed by atoms with Gasteiger partial charge in [-0.05, 0) is 42.3 Å². The topological polar surface area (TPSA) is 86.8 Å². The maximum absolute atomic E-state index is 13.4. The van der Waals surface area contributed by atoms with Crippen molar-refractivity contribution in [1.82, 2.24) is 10.2 Å². The molecule has 0 saturated carbocycles. The molecule has 2 rings (SSSR count). The molecular formula is C21H24Cl3N3O4S. The van der Waals surface area contributed by atoms with Crippen LogP contribution in [0.5, 0.6) is 0 Å². The lowest BCUT2D eigenvalue weighted by Gasteiger charge is -2.32. The average molecular weight is 521 g/mol. The van der Waals surface area contributed by atoms with Crippen LogP contribution in [0, 0.1) is 0 Å². The number of nitrogens with one attached hydrogen (secondary N) is 1. The SMILES string of the molecule is CC[C@@H](C(=O)NC)N(Cc1ccc(Cl)cc1)C(=O)CN(c1ccc(Cl)cc1Cl)S(C)(=O)=O. The van der Waals surface area contributed by atoms with Crippen molar-refractivity contribution in [2.45, 2.75) is 25.9 Å². The molecule has 0 heterocycles. The van der Waals surface area contributed by atoms with E-state index in [1.165, 1.54) is 30.1 Å². The van der Waals surface area contributed by atoms with Crippen LogP contribution in [0.2, 0.25) is 15.1 Å². The van der Waals surface area contributed by atoms with E-state index in [2.05, 4.69) is 5.32 Å². The molecule has 0 aliphatic heterocycles. The number of hydrogen-bond donors (Lipinski definition) is 1. The molecule has 32 heavy (non-hydrogen) atoms. The molecule has 0 aliphatic rings. The van der Waals surface area contributed by atoms with Gasteiger partial charge in [0.25, 0.3) is 0 Å². The summed E-state index contributed by atoms with van der Waals surface area (Å²) >= 11 is 18.1. The molecule has 0 bridgehead atoms. The predicted octanol–water partition coefficient (Wildman–Crippen LogP) is 3.97. The van der Waals surface area contributed by atoms with E-state index < -0.39 is 28.5 Å². The Labute approximate surface area is 203 Å². The molecule has 1 atom stereocenters. The molecule has 0 aromatic heterocycles. The largest absolute Gasteiger partial charge is 0.357 e. The van der Waals surface area contributed by atoms with Crippen LogP contribution in [-0.4, -0.2) is 51.0 Å². The first-order valence-corrected chi connectivity index (χ1v) is 12.6. The van der Waals surface area contributed by atoms with E-state index in [1.807, 2.05) is 0 Å². The zero-order valence-electron chi connectivity index (χ0n) is 17.8. The van der Waals surface area contributed by atoms with Gasteiger partial charge in [0.05, 0.1) is 17.0 Å². The highest BCUT2D eigenvalue weighted by Gasteiger charge is 2.31. The second-order valence-corrected chi connectivity index (χ2v) is 10.2. The minimum atomic E-state index is -3.88. The van der Waals surface area contributed by atoms with Crippen molar-refractivity contribution in [3.05, 3.63) is 63.1 Å². The van der Waals surface area contributed by atoms with Crippen LogP contribution in [0.4, 0.5) is 5.69 Å². The van der Waals surface area contributed by atoms with Gasteiger partial charge in [-0.15, -0.1) is 0 Å². The van der Waals surface area contributed by atoms with Gasteiger partial charge >= 0.3 is 0 Å². The normalized spacial score (nSPS) is 12.2. The smallest absolute Gasteiger partial charge is 0.244 e. The number of carbonyl (C=O) groups is 2. The Balaban J connectivity index is 2.45. The van der Waals surface area contributed by atoms with Gasteiger partial charge in [-0.25, -0.2) is 8.42 Å². The maximum Gasteiger partial charge on any atom is 0.244 e. The molecule has 2 aromatic carbocycles. The van der Waals surface area contributed by atoms with Gasteiger partial charge in [-0.3, -0.25) is 13.9 Å². The molecule has 2 aromatic rings. The summed E-state index contributed by atoms with van der Waals surface area (Å²) in [6.45, 7) is 1.32. The zero-order valence-corrected chi connectivity index (χ0v) is 20.9. The van der Waals surface area contributed by atoms with E-state index in [9.17, 15) is 18.0 Å². The van der Waals surface area contributed by atoms with Crippen LogP contribution in [0.3, 0.4) is 0 Å². The molecule has 174 valence electrons. The van der Waals surface area contributed by atoms with E-state index in [1.54, 1.807) is 31.2 Å². The summed E-state index contributed by atoms with van der Waals surface area (Å²) in [6, 6.07) is 10.3. The van der Waals surface area contributed by atoms with Gasteiger partial charge in [-0.2, -0.15) is 0 Å². The van der Waals surface area contributed by atoms with Crippen molar-refractivity contribution in [3.8, 4) is 0 Å². The fourth-order valence-corrected chi connectivity index (χ4v) is 4.70. The third-order valence-corrected chi connectivity index (χ3v) is 6.67. The minimum absolute atomic E-state index is 0.0818. The molecule has 0 fully saturated rings. The van der Waals surface area contributed by atoms with Crippen molar-refractivity contribution in [2.75, 3.05) is 24.2 Å². The summed E-state index contributed by atoms with van der Waals surface area (Å²) in [7, 11) is -2.40. The average Bonchev–Trinajstić information content (AvgIpc) is 2.72. The molecule has 0 unspecified atom stereocenters. The maximum atomic E-state index is 13.4. The van der Waals surface area contributed by atoms with E-state index in [0.29, 0.717) is 16.5 Å². The third-order valence-electron chi connectivity index (χ3n) is 4.76. The Morgan fingerprint density at radius 3 is 2.12 bits per heavy atom. The molecule has 0 aliphatic carbocycles. The summed E-state index contributed by atoms with van der Waals surface area (Å²) in [6.07, 6.45) is 1.31. The van der Waals surface area contributed by atoms with Crippen molar-refractivity contribution in [1.29, 1.82) is 0 Å². The Morgan fingerprint density at radius 1 is 1.03 bits per heavy atom. The highest BCUT2D eigenvalue weighted by Crippen LogP contribution is 2.30. The second-order valence-electron chi connectivity index (χ2n) is 7.05. The molecule has 11 heteroatoms. The molecular weight excluding hydrogens is 497 g/mol. The number of sulfonamides is 1. The van der Waals surface area contributed by atoms with Crippen molar-refractivity contribution < 1.29 is 18.0 Å². The second kappa shape index (κ2) is 11.2. The Kier molecular flexibility index (Phi) is 9.21. The fraction of sp³-hybridized carbons (Fsp3) is 0.333. The third kappa shape index (κ3) is 6.75. The highest BCUT2D eigenvalue weighted by atomic mass is 35.5. The number of amides is 2. The van der Waals surface area contributed by atoms with Crippen LogP contribution < -0.4 is 9.62 Å². The molecule has 1 N–H and O–H groups in total. The quantitative estimate of drug-likeness (QED) is 0.542. The summed E-state index contributed by atoms with van der Waals surface area (Å²) in [5, 5.41) is 3.50. The number of carbonyl (C=O) groups excluding carboxylic acids is 2. The van der Waals surface area contributed by atoms with Crippen LogP contribution in [0.1, 0.15) is 18.9 Å². The zero-order chi connectivity index (χ0) is 24.1. The van der Waals surface area contributed by atoms with Gasteiger partial charge in [0.1, 0.15) is 12.6 Å². The summed E-state index contributed by atoms with van der Waals surface area (Å²) < 4.78 is 25.9.